The fourth-order valence-corrected chi connectivity index (χ4v) is 1.97. The predicted octanol–water partition coefficient (Wildman–Crippen LogP) is 0.953. The first-order valence-corrected chi connectivity index (χ1v) is 5.62. The molecule has 1 aliphatic rings. The number of amides is 1. The van der Waals surface area contributed by atoms with E-state index in [1.54, 1.807) is 18.2 Å². The average Bonchev–Trinajstić information content (AvgIpc) is 2.80. The number of carboxylic acid groups (broad SMARTS) is 1. The van der Waals surface area contributed by atoms with E-state index in [4.69, 9.17) is 20.1 Å². The van der Waals surface area contributed by atoms with Crippen molar-refractivity contribution in [3.05, 3.63) is 23.9 Å². The van der Waals surface area contributed by atoms with Crippen molar-refractivity contribution in [1.82, 2.24) is 5.16 Å². The molecule has 102 valence electrons. The highest BCUT2D eigenvalue weighted by Crippen LogP contribution is 2.36. The van der Waals surface area contributed by atoms with E-state index in [1.807, 2.05) is 0 Å². The van der Waals surface area contributed by atoms with Crippen LogP contribution in [-0.4, -0.2) is 28.7 Å². The molecular formula is C12H9N3O5. The summed E-state index contributed by atoms with van der Waals surface area (Å²) in [6.45, 7) is -0.0534. The van der Waals surface area contributed by atoms with Gasteiger partial charge in [0.1, 0.15) is 5.75 Å². The lowest BCUT2D eigenvalue weighted by atomic mass is 10.0. The van der Waals surface area contributed by atoms with E-state index in [0.29, 0.717) is 17.0 Å². The van der Waals surface area contributed by atoms with Crippen molar-refractivity contribution in [3.8, 4) is 16.9 Å². The first kappa shape index (κ1) is 12.0. The topological polar surface area (TPSA) is 128 Å². The number of aromatic carboxylic acids is 1. The van der Waals surface area contributed by atoms with Gasteiger partial charge < -0.3 is 25.4 Å². The zero-order valence-electron chi connectivity index (χ0n) is 10.0. The molecule has 1 aromatic carbocycles. The van der Waals surface area contributed by atoms with Crippen molar-refractivity contribution in [2.45, 2.75) is 0 Å². The number of carbonyl (C=O) groups is 2. The molecule has 20 heavy (non-hydrogen) atoms. The number of carboxylic acids is 1. The van der Waals surface area contributed by atoms with Gasteiger partial charge in [0.15, 0.2) is 6.61 Å². The first-order chi connectivity index (χ1) is 9.56. The van der Waals surface area contributed by atoms with Crippen LogP contribution in [0.2, 0.25) is 0 Å². The van der Waals surface area contributed by atoms with Crippen LogP contribution in [0.1, 0.15) is 10.5 Å². The van der Waals surface area contributed by atoms with Crippen LogP contribution >= 0.6 is 0 Å². The first-order valence-electron chi connectivity index (χ1n) is 5.62. The average molecular weight is 275 g/mol. The van der Waals surface area contributed by atoms with Crippen LogP contribution in [0, 0.1) is 0 Å². The molecule has 0 bridgehead atoms. The lowest BCUT2D eigenvalue weighted by Crippen LogP contribution is -2.25. The number of hydrogen-bond donors (Lipinski definition) is 3. The highest BCUT2D eigenvalue weighted by atomic mass is 16.5. The van der Waals surface area contributed by atoms with Crippen molar-refractivity contribution in [2.75, 3.05) is 17.7 Å². The van der Waals surface area contributed by atoms with Crippen molar-refractivity contribution < 1.29 is 24.0 Å². The number of nitrogens with one attached hydrogen (secondary N) is 1. The molecule has 3 rings (SSSR count). The Kier molecular flexibility index (Phi) is 2.56. The summed E-state index contributed by atoms with van der Waals surface area (Å²) in [7, 11) is 0. The molecule has 0 radical (unpaired) electrons. The number of benzene rings is 1. The number of nitrogens with zero attached hydrogens (tertiary/aromatic N) is 1. The second-order valence-electron chi connectivity index (χ2n) is 4.12. The molecule has 4 N–H and O–H groups in total. The van der Waals surface area contributed by atoms with Crippen molar-refractivity contribution in [2.24, 2.45) is 0 Å². The minimum atomic E-state index is -1.25. The van der Waals surface area contributed by atoms with Gasteiger partial charge in [-0.2, -0.15) is 0 Å². The lowest BCUT2D eigenvalue weighted by molar-refractivity contribution is -0.118. The van der Waals surface area contributed by atoms with Crippen LogP contribution in [0.25, 0.3) is 11.1 Å². The van der Waals surface area contributed by atoms with E-state index in [1.165, 1.54) is 0 Å². The number of fused-ring (bicyclic) bond motifs is 1. The van der Waals surface area contributed by atoms with Crippen molar-refractivity contribution in [3.63, 3.8) is 0 Å². The fourth-order valence-electron chi connectivity index (χ4n) is 1.97. The predicted molar refractivity (Wildman–Crippen MR) is 67.4 cm³/mol. The fraction of sp³-hybridized carbons (Fsp3) is 0.0833. The summed E-state index contributed by atoms with van der Waals surface area (Å²) in [5, 5.41) is 15.1. The molecule has 0 saturated heterocycles. The Morgan fingerprint density at radius 2 is 2.25 bits per heavy atom. The molecule has 2 aromatic rings. The number of ether oxygens (including phenoxy) is 1. The summed E-state index contributed by atoms with van der Waals surface area (Å²) in [6.07, 6.45) is 0. The molecule has 0 saturated carbocycles. The van der Waals surface area contributed by atoms with Crippen LogP contribution in [0.15, 0.2) is 22.7 Å². The maximum Gasteiger partial charge on any atom is 0.358 e. The maximum atomic E-state index is 11.3. The van der Waals surface area contributed by atoms with E-state index in [-0.39, 0.29) is 29.7 Å². The van der Waals surface area contributed by atoms with Gasteiger partial charge in [0, 0.05) is 0 Å². The monoisotopic (exact) mass is 275 g/mol. The van der Waals surface area contributed by atoms with Gasteiger partial charge in [-0.3, -0.25) is 4.79 Å². The molecule has 1 aliphatic heterocycles. The van der Waals surface area contributed by atoms with Crippen molar-refractivity contribution in [1.29, 1.82) is 0 Å². The summed E-state index contributed by atoms with van der Waals surface area (Å²) >= 11 is 0. The van der Waals surface area contributed by atoms with Gasteiger partial charge in [0.25, 0.3) is 5.91 Å². The number of rotatable bonds is 2. The Bertz CT molecular complexity index is 722. The molecule has 0 aliphatic carbocycles. The minimum Gasteiger partial charge on any atom is -0.482 e. The second kappa shape index (κ2) is 4.26. The molecule has 1 aromatic heterocycles. The molecule has 0 atom stereocenters. The summed E-state index contributed by atoms with van der Waals surface area (Å²) < 4.78 is 9.92. The largest absolute Gasteiger partial charge is 0.482 e. The Hall–Kier alpha value is -3.03. The third kappa shape index (κ3) is 1.83. The molecule has 8 heteroatoms. The quantitative estimate of drug-likeness (QED) is 0.744. The number of nitrogens with two attached hydrogens (primary N) is 1. The molecule has 8 nitrogen and oxygen atoms in total. The standard InChI is InChI=1S/C12H9N3O5/c13-11-9(10(12(17)18)15-20-11)5-1-2-7-6(3-5)14-8(16)4-19-7/h1-3H,4,13H2,(H,14,16)(H,17,18). The molecule has 0 fully saturated rings. The number of carbonyl (C=O) groups excluding carboxylic acids is 1. The molecule has 2 heterocycles. The highest BCUT2D eigenvalue weighted by Gasteiger charge is 2.23. The molecule has 0 unspecified atom stereocenters. The highest BCUT2D eigenvalue weighted by molar-refractivity contribution is 5.99. The van der Waals surface area contributed by atoms with Crippen LogP contribution in [0.5, 0.6) is 5.75 Å². The molecule has 0 spiro atoms. The van der Waals surface area contributed by atoms with E-state index in [0.717, 1.165) is 0 Å². The van der Waals surface area contributed by atoms with E-state index in [2.05, 4.69) is 10.5 Å². The van der Waals surface area contributed by atoms with E-state index in [9.17, 15) is 9.59 Å². The number of nitrogen functional groups attached to an aromatic ring is 1. The van der Waals surface area contributed by atoms with Crippen LogP contribution in [0.3, 0.4) is 0 Å². The van der Waals surface area contributed by atoms with Gasteiger partial charge in [-0.15, -0.1) is 0 Å². The number of anilines is 2. The van der Waals surface area contributed by atoms with Gasteiger partial charge in [-0.1, -0.05) is 11.2 Å². The SMILES string of the molecule is Nc1onc(C(=O)O)c1-c1ccc2c(c1)NC(=O)CO2. The van der Waals surface area contributed by atoms with Gasteiger partial charge in [0.2, 0.25) is 11.6 Å². The van der Waals surface area contributed by atoms with Crippen LogP contribution < -0.4 is 15.8 Å². The number of hydrogen-bond acceptors (Lipinski definition) is 6. The summed E-state index contributed by atoms with van der Waals surface area (Å²) in [6, 6.07) is 4.79. The Labute approximate surface area is 112 Å². The normalized spacial score (nSPS) is 13.3. The number of aromatic nitrogens is 1. The molecular weight excluding hydrogens is 266 g/mol. The van der Waals surface area contributed by atoms with Crippen LogP contribution in [0.4, 0.5) is 11.6 Å². The Balaban J connectivity index is 2.12. The maximum absolute atomic E-state index is 11.3. The van der Waals surface area contributed by atoms with E-state index < -0.39 is 5.97 Å². The Morgan fingerprint density at radius 3 is 3.00 bits per heavy atom. The lowest BCUT2D eigenvalue weighted by Gasteiger charge is -2.18. The van der Waals surface area contributed by atoms with Gasteiger partial charge in [-0.05, 0) is 17.7 Å². The summed E-state index contributed by atoms with van der Waals surface area (Å²) in [4.78, 5) is 22.4. The van der Waals surface area contributed by atoms with Crippen molar-refractivity contribution >= 4 is 23.4 Å². The second-order valence-corrected chi connectivity index (χ2v) is 4.12. The molecule has 1 amide bonds. The summed E-state index contributed by atoms with van der Waals surface area (Å²) in [5.41, 5.74) is 6.39. The minimum absolute atomic E-state index is 0.0534. The Morgan fingerprint density at radius 1 is 1.45 bits per heavy atom. The smallest absolute Gasteiger partial charge is 0.358 e. The van der Waals surface area contributed by atoms with Gasteiger partial charge in [-0.25, -0.2) is 4.79 Å². The van der Waals surface area contributed by atoms with Gasteiger partial charge >= 0.3 is 5.97 Å². The van der Waals surface area contributed by atoms with Crippen LogP contribution in [-0.2, 0) is 4.79 Å². The van der Waals surface area contributed by atoms with E-state index >= 15 is 0 Å². The summed E-state index contributed by atoms with van der Waals surface area (Å²) in [5.74, 6) is -1.14. The third-order valence-electron chi connectivity index (χ3n) is 2.82. The zero-order valence-corrected chi connectivity index (χ0v) is 10.0. The zero-order chi connectivity index (χ0) is 14.3. The third-order valence-corrected chi connectivity index (χ3v) is 2.82. The van der Waals surface area contributed by atoms with Gasteiger partial charge in [0.05, 0.1) is 11.3 Å².